The van der Waals surface area contributed by atoms with Gasteiger partial charge in [-0.05, 0) is 36.8 Å². The van der Waals surface area contributed by atoms with Gasteiger partial charge in [-0.15, -0.1) is 0 Å². The number of benzene rings is 1. The minimum atomic E-state index is -4.95. The van der Waals surface area contributed by atoms with Gasteiger partial charge in [0.1, 0.15) is 5.02 Å². The van der Waals surface area contributed by atoms with E-state index in [-0.39, 0.29) is 15.3 Å². The van der Waals surface area contributed by atoms with Crippen molar-refractivity contribution in [2.45, 2.75) is 13.1 Å². The molecule has 0 unspecified atom stereocenters. The van der Waals surface area contributed by atoms with Crippen LogP contribution in [0.4, 0.5) is 13.2 Å². The van der Waals surface area contributed by atoms with Crippen LogP contribution >= 0.6 is 34.8 Å². The highest BCUT2D eigenvalue weighted by molar-refractivity contribution is 6.34. The van der Waals surface area contributed by atoms with E-state index in [4.69, 9.17) is 34.8 Å². The van der Waals surface area contributed by atoms with Gasteiger partial charge in [-0.25, -0.2) is 9.36 Å². The Morgan fingerprint density at radius 3 is 2.32 bits per heavy atom. The highest BCUT2D eigenvalue weighted by Gasteiger charge is 2.38. The molecule has 0 saturated heterocycles. The molecular formula is C15H10Cl3F3N2O2. The standard InChI is InChI=1S/C15H10Cl3F3N2O2/c1-7(16)5-8-6-9(3-4-10(8)17)23-13(24)11(18)12(15(19,20)21)22(2)14(23)25/h3-6H,1-2H3/b7-5+. The number of alkyl halides is 3. The molecule has 4 nitrogen and oxygen atoms in total. The predicted octanol–water partition coefficient (Wildman–Crippen LogP) is 4.46. The first-order valence-electron chi connectivity index (χ1n) is 6.67. The van der Waals surface area contributed by atoms with Crippen LogP contribution in [0.25, 0.3) is 11.8 Å². The van der Waals surface area contributed by atoms with E-state index < -0.39 is 28.1 Å². The van der Waals surface area contributed by atoms with Crippen molar-refractivity contribution in [1.82, 2.24) is 9.13 Å². The van der Waals surface area contributed by atoms with Gasteiger partial charge in [0, 0.05) is 17.1 Å². The summed E-state index contributed by atoms with van der Waals surface area (Å²) in [7, 11) is 0.882. The second-order valence-corrected chi connectivity index (χ2v) is 6.46. The van der Waals surface area contributed by atoms with E-state index >= 15 is 0 Å². The number of aromatic nitrogens is 2. The third-order valence-corrected chi connectivity index (χ3v) is 4.07. The molecular weight excluding hydrogens is 404 g/mol. The second kappa shape index (κ2) is 6.90. The molecule has 0 N–H and O–H groups in total. The van der Waals surface area contributed by atoms with Crippen molar-refractivity contribution in [3.63, 3.8) is 0 Å². The number of allylic oxidation sites excluding steroid dienone is 1. The van der Waals surface area contributed by atoms with Gasteiger partial charge in [0.05, 0.1) is 5.69 Å². The molecule has 25 heavy (non-hydrogen) atoms. The lowest BCUT2D eigenvalue weighted by molar-refractivity contribution is -0.143. The fourth-order valence-corrected chi connectivity index (χ4v) is 2.82. The van der Waals surface area contributed by atoms with E-state index in [1.807, 2.05) is 0 Å². The normalized spacial score (nSPS) is 12.6. The number of halogens is 6. The zero-order chi connectivity index (χ0) is 19.1. The van der Waals surface area contributed by atoms with E-state index in [2.05, 4.69) is 0 Å². The average Bonchev–Trinajstić information content (AvgIpc) is 2.47. The summed E-state index contributed by atoms with van der Waals surface area (Å²) in [5.41, 5.74) is -3.59. The van der Waals surface area contributed by atoms with Crippen LogP contribution in [0.3, 0.4) is 0 Å². The van der Waals surface area contributed by atoms with Crippen molar-refractivity contribution in [3.05, 3.63) is 65.4 Å². The SMILES string of the molecule is C/C(Cl)=C\c1cc(-n2c(=O)c(Cl)c(C(F)(F)F)n(C)c2=O)ccc1Cl. The minimum Gasteiger partial charge on any atom is -0.291 e. The van der Waals surface area contributed by atoms with E-state index in [1.165, 1.54) is 24.3 Å². The second-order valence-electron chi connectivity index (χ2n) is 5.08. The van der Waals surface area contributed by atoms with Crippen LogP contribution in [0.1, 0.15) is 18.2 Å². The van der Waals surface area contributed by atoms with Gasteiger partial charge in [0.2, 0.25) is 0 Å². The summed E-state index contributed by atoms with van der Waals surface area (Å²) in [6.45, 7) is 1.59. The van der Waals surface area contributed by atoms with Crippen molar-refractivity contribution in [3.8, 4) is 5.69 Å². The number of hydrogen-bond acceptors (Lipinski definition) is 2. The summed E-state index contributed by atoms with van der Waals surface area (Å²) in [6, 6.07) is 4.05. The van der Waals surface area contributed by atoms with Gasteiger partial charge in [-0.3, -0.25) is 9.36 Å². The Morgan fingerprint density at radius 1 is 1.20 bits per heavy atom. The molecule has 0 aliphatic rings. The zero-order valence-corrected chi connectivity index (χ0v) is 15.1. The topological polar surface area (TPSA) is 44.0 Å². The molecule has 0 aliphatic carbocycles. The van der Waals surface area contributed by atoms with Gasteiger partial charge in [0.15, 0.2) is 5.69 Å². The fraction of sp³-hybridized carbons (Fsp3) is 0.200. The van der Waals surface area contributed by atoms with Crippen molar-refractivity contribution in [2.75, 3.05) is 0 Å². The first-order valence-corrected chi connectivity index (χ1v) is 7.81. The van der Waals surface area contributed by atoms with Crippen LogP contribution in [0, 0.1) is 0 Å². The molecule has 2 aromatic rings. The molecule has 0 fully saturated rings. The lowest BCUT2D eigenvalue weighted by Crippen LogP contribution is -2.41. The zero-order valence-electron chi connectivity index (χ0n) is 12.8. The third kappa shape index (κ3) is 3.78. The first-order chi connectivity index (χ1) is 11.4. The highest BCUT2D eigenvalue weighted by Crippen LogP contribution is 2.32. The van der Waals surface area contributed by atoms with E-state index in [1.54, 1.807) is 6.92 Å². The summed E-state index contributed by atoms with van der Waals surface area (Å²) in [5, 5.41) is -0.438. The molecule has 134 valence electrons. The molecule has 0 atom stereocenters. The summed E-state index contributed by atoms with van der Waals surface area (Å²) in [5.74, 6) is 0. The molecule has 0 saturated carbocycles. The summed E-state index contributed by atoms with van der Waals surface area (Å²) >= 11 is 17.4. The van der Waals surface area contributed by atoms with Gasteiger partial charge in [0.25, 0.3) is 5.56 Å². The van der Waals surface area contributed by atoms with Gasteiger partial charge in [-0.2, -0.15) is 13.2 Å². The summed E-state index contributed by atoms with van der Waals surface area (Å²) in [6.07, 6.45) is -3.47. The summed E-state index contributed by atoms with van der Waals surface area (Å²) < 4.78 is 39.9. The lowest BCUT2D eigenvalue weighted by atomic mass is 10.2. The van der Waals surface area contributed by atoms with E-state index in [0.29, 0.717) is 15.2 Å². The Balaban J connectivity index is 2.85. The molecule has 10 heteroatoms. The van der Waals surface area contributed by atoms with Crippen molar-refractivity contribution in [2.24, 2.45) is 7.05 Å². The van der Waals surface area contributed by atoms with Gasteiger partial charge < -0.3 is 0 Å². The number of rotatable bonds is 2. The quantitative estimate of drug-likeness (QED) is 0.729. The Labute approximate surface area is 154 Å². The number of nitrogens with zero attached hydrogens (tertiary/aromatic N) is 2. The maximum atomic E-state index is 13.0. The molecule has 0 aliphatic heterocycles. The summed E-state index contributed by atoms with van der Waals surface area (Å²) in [4.78, 5) is 24.6. The van der Waals surface area contributed by atoms with Crippen molar-refractivity contribution in [1.29, 1.82) is 0 Å². The van der Waals surface area contributed by atoms with E-state index in [9.17, 15) is 22.8 Å². The van der Waals surface area contributed by atoms with E-state index in [0.717, 1.165) is 7.05 Å². The monoisotopic (exact) mass is 412 g/mol. The molecule has 2 rings (SSSR count). The Hall–Kier alpha value is -1.70. The van der Waals surface area contributed by atoms with Crippen LogP contribution in [0.5, 0.6) is 0 Å². The molecule has 1 aromatic carbocycles. The predicted molar refractivity (Wildman–Crippen MR) is 91.8 cm³/mol. The highest BCUT2D eigenvalue weighted by atomic mass is 35.5. The van der Waals surface area contributed by atoms with Crippen LogP contribution in [0.15, 0.2) is 32.8 Å². The molecule has 1 heterocycles. The van der Waals surface area contributed by atoms with Crippen molar-refractivity contribution >= 4 is 40.9 Å². The Morgan fingerprint density at radius 2 is 1.80 bits per heavy atom. The largest absolute Gasteiger partial charge is 0.433 e. The van der Waals surface area contributed by atoms with Crippen LogP contribution in [-0.2, 0) is 13.2 Å². The lowest BCUT2D eigenvalue weighted by Gasteiger charge is -2.16. The third-order valence-electron chi connectivity index (χ3n) is 3.27. The average molecular weight is 414 g/mol. The molecule has 0 amide bonds. The molecule has 0 bridgehead atoms. The van der Waals surface area contributed by atoms with Crippen molar-refractivity contribution < 1.29 is 13.2 Å². The minimum absolute atomic E-state index is 0.00907. The number of hydrogen-bond donors (Lipinski definition) is 0. The molecule has 1 aromatic heterocycles. The maximum Gasteiger partial charge on any atom is 0.433 e. The van der Waals surface area contributed by atoms with Gasteiger partial charge in [-0.1, -0.05) is 34.8 Å². The molecule has 0 radical (unpaired) electrons. The molecule has 0 spiro atoms. The first kappa shape index (κ1) is 19.6. The van der Waals surface area contributed by atoms with Crippen LogP contribution in [0.2, 0.25) is 10.0 Å². The Kier molecular flexibility index (Phi) is 5.41. The smallest absolute Gasteiger partial charge is 0.291 e. The van der Waals surface area contributed by atoms with Gasteiger partial charge >= 0.3 is 11.9 Å². The Bertz CT molecular complexity index is 950. The van der Waals surface area contributed by atoms with Crippen LogP contribution in [-0.4, -0.2) is 9.13 Å². The maximum absolute atomic E-state index is 13.0. The fourth-order valence-electron chi connectivity index (χ4n) is 2.22. The van der Waals surface area contributed by atoms with Crippen LogP contribution < -0.4 is 11.2 Å².